The predicted octanol–water partition coefficient (Wildman–Crippen LogP) is 1.94. The number of aliphatic imine (C=N–C) groups is 1. The Morgan fingerprint density at radius 2 is 2.04 bits per heavy atom. The van der Waals surface area contributed by atoms with Crippen molar-refractivity contribution in [1.29, 1.82) is 0 Å². The van der Waals surface area contributed by atoms with Gasteiger partial charge in [-0.1, -0.05) is 0 Å². The Balaban J connectivity index is 1.73. The van der Waals surface area contributed by atoms with Crippen molar-refractivity contribution in [3.63, 3.8) is 0 Å². The SMILES string of the molecule is C=NC(Oc1ccc(N2CCOCC2)cc1)c1ncc([N+](=O)[O-])n1C. The first kappa shape index (κ1) is 16.9. The molecule has 0 saturated carbocycles. The van der Waals surface area contributed by atoms with E-state index in [1.165, 1.54) is 10.8 Å². The summed E-state index contributed by atoms with van der Waals surface area (Å²) >= 11 is 0. The van der Waals surface area contributed by atoms with Gasteiger partial charge in [-0.2, -0.15) is 0 Å². The quantitative estimate of drug-likeness (QED) is 0.451. The highest BCUT2D eigenvalue weighted by atomic mass is 16.6. The zero-order chi connectivity index (χ0) is 17.8. The van der Waals surface area contributed by atoms with Gasteiger partial charge in [0.05, 0.1) is 20.3 Å². The van der Waals surface area contributed by atoms with Crippen molar-refractivity contribution in [1.82, 2.24) is 9.55 Å². The molecule has 0 aliphatic carbocycles. The van der Waals surface area contributed by atoms with Crippen molar-refractivity contribution in [2.45, 2.75) is 6.23 Å². The molecule has 0 spiro atoms. The highest BCUT2D eigenvalue weighted by Crippen LogP contribution is 2.26. The van der Waals surface area contributed by atoms with Crippen LogP contribution in [0.4, 0.5) is 11.5 Å². The van der Waals surface area contributed by atoms with Crippen LogP contribution in [0.15, 0.2) is 35.5 Å². The Bertz CT molecular complexity index is 752. The van der Waals surface area contributed by atoms with Gasteiger partial charge < -0.3 is 24.5 Å². The Morgan fingerprint density at radius 3 is 2.60 bits per heavy atom. The van der Waals surface area contributed by atoms with E-state index in [4.69, 9.17) is 9.47 Å². The molecule has 0 bridgehead atoms. The van der Waals surface area contributed by atoms with Gasteiger partial charge in [-0.3, -0.25) is 0 Å². The maximum absolute atomic E-state index is 10.9. The molecular formula is C16H19N5O4. The first-order valence-corrected chi connectivity index (χ1v) is 7.81. The van der Waals surface area contributed by atoms with E-state index < -0.39 is 11.2 Å². The zero-order valence-electron chi connectivity index (χ0n) is 13.9. The molecular weight excluding hydrogens is 326 g/mol. The second kappa shape index (κ2) is 7.31. The summed E-state index contributed by atoms with van der Waals surface area (Å²) < 4.78 is 12.5. The number of ether oxygens (including phenoxy) is 2. The van der Waals surface area contributed by atoms with Crippen LogP contribution in [0.1, 0.15) is 12.1 Å². The van der Waals surface area contributed by atoms with Gasteiger partial charge >= 0.3 is 5.82 Å². The molecule has 2 heterocycles. The normalized spacial score (nSPS) is 15.6. The van der Waals surface area contributed by atoms with Gasteiger partial charge in [0.15, 0.2) is 0 Å². The third-order valence-corrected chi connectivity index (χ3v) is 4.03. The van der Waals surface area contributed by atoms with E-state index >= 15 is 0 Å². The number of nitro groups is 1. The summed E-state index contributed by atoms with van der Waals surface area (Å²) in [5.41, 5.74) is 1.09. The lowest BCUT2D eigenvalue weighted by atomic mass is 10.2. The Labute approximate surface area is 144 Å². The summed E-state index contributed by atoms with van der Waals surface area (Å²) in [6.07, 6.45) is 0.353. The molecule has 2 aromatic rings. The molecule has 1 fully saturated rings. The van der Waals surface area contributed by atoms with Crippen molar-refractivity contribution in [3.05, 3.63) is 46.4 Å². The van der Waals surface area contributed by atoms with Crippen molar-refractivity contribution in [3.8, 4) is 5.75 Å². The van der Waals surface area contributed by atoms with Crippen LogP contribution in [0.3, 0.4) is 0 Å². The summed E-state index contributed by atoms with van der Waals surface area (Å²) in [7, 11) is 1.55. The van der Waals surface area contributed by atoms with Crippen molar-refractivity contribution < 1.29 is 14.4 Å². The topological polar surface area (TPSA) is 95.0 Å². The third kappa shape index (κ3) is 3.61. The molecule has 1 aliphatic heterocycles. The minimum absolute atomic E-state index is 0.130. The first-order valence-electron chi connectivity index (χ1n) is 7.81. The van der Waals surface area contributed by atoms with Gasteiger partial charge in [0.1, 0.15) is 11.9 Å². The van der Waals surface area contributed by atoms with Crippen molar-refractivity contribution >= 4 is 18.2 Å². The Morgan fingerprint density at radius 1 is 1.36 bits per heavy atom. The summed E-state index contributed by atoms with van der Waals surface area (Å²) in [6, 6.07) is 7.59. The molecule has 0 amide bonds. The molecule has 1 saturated heterocycles. The minimum Gasteiger partial charge on any atom is -0.459 e. The number of rotatable bonds is 6. The zero-order valence-corrected chi connectivity index (χ0v) is 13.9. The van der Waals surface area contributed by atoms with E-state index in [9.17, 15) is 10.1 Å². The van der Waals surface area contributed by atoms with Gasteiger partial charge in [0.25, 0.3) is 12.1 Å². The minimum atomic E-state index is -0.826. The molecule has 1 aliphatic rings. The smallest absolute Gasteiger partial charge is 0.342 e. The van der Waals surface area contributed by atoms with E-state index in [1.807, 2.05) is 24.3 Å². The number of imidazole rings is 1. The number of hydrogen-bond donors (Lipinski definition) is 0. The van der Waals surface area contributed by atoms with Crippen LogP contribution in [0, 0.1) is 10.1 Å². The first-order chi connectivity index (χ1) is 12.1. The molecule has 0 N–H and O–H groups in total. The third-order valence-electron chi connectivity index (χ3n) is 4.03. The fourth-order valence-electron chi connectivity index (χ4n) is 2.67. The van der Waals surface area contributed by atoms with Crippen LogP contribution >= 0.6 is 0 Å². The molecule has 9 heteroatoms. The van der Waals surface area contributed by atoms with Gasteiger partial charge in [0.2, 0.25) is 0 Å². The average molecular weight is 345 g/mol. The number of morpholine rings is 1. The molecule has 9 nitrogen and oxygen atoms in total. The second-order valence-corrected chi connectivity index (χ2v) is 5.54. The molecule has 1 unspecified atom stereocenters. The van der Waals surface area contributed by atoms with Gasteiger partial charge in [-0.05, 0) is 35.9 Å². The fourth-order valence-corrected chi connectivity index (χ4v) is 2.67. The van der Waals surface area contributed by atoms with Crippen LogP contribution < -0.4 is 9.64 Å². The van der Waals surface area contributed by atoms with Crippen molar-refractivity contribution in [2.24, 2.45) is 12.0 Å². The Kier molecular flexibility index (Phi) is 4.94. The standard InChI is InChI=1S/C16H19N5O4/c1-17-16(15-18-11-14(19(15)2)21(22)23)25-13-5-3-12(4-6-13)20-7-9-24-10-8-20/h3-6,11,16H,1,7-10H2,2H3. The van der Waals surface area contributed by atoms with E-state index in [0.717, 1.165) is 32.0 Å². The maximum Gasteiger partial charge on any atom is 0.342 e. The number of anilines is 1. The van der Waals surface area contributed by atoms with Crippen LogP contribution in [0.25, 0.3) is 0 Å². The van der Waals surface area contributed by atoms with E-state index in [1.54, 1.807) is 7.05 Å². The van der Waals surface area contributed by atoms with Crippen LogP contribution in [0.5, 0.6) is 5.75 Å². The average Bonchev–Trinajstić information content (AvgIpc) is 3.02. The lowest BCUT2D eigenvalue weighted by molar-refractivity contribution is -0.391. The van der Waals surface area contributed by atoms with Gasteiger partial charge in [-0.15, -0.1) is 0 Å². The molecule has 1 atom stereocenters. The maximum atomic E-state index is 10.9. The summed E-state index contributed by atoms with van der Waals surface area (Å²) in [6.45, 7) is 6.65. The van der Waals surface area contributed by atoms with Crippen LogP contribution in [-0.4, -0.2) is 47.5 Å². The monoisotopic (exact) mass is 345 g/mol. The largest absolute Gasteiger partial charge is 0.459 e. The predicted molar refractivity (Wildman–Crippen MR) is 92.3 cm³/mol. The number of hydrogen-bond acceptors (Lipinski definition) is 7. The molecule has 25 heavy (non-hydrogen) atoms. The van der Waals surface area contributed by atoms with E-state index in [0.29, 0.717) is 11.6 Å². The number of aromatic nitrogens is 2. The Hall–Kier alpha value is -2.94. The highest BCUT2D eigenvalue weighted by molar-refractivity contribution is 5.49. The van der Waals surface area contributed by atoms with Crippen molar-refractivity contribution in [2.75, 3.05) is 31.2 Å². The molecule has 3 rings (SSSR count). The van der Waals surface area contributed by atoms with Gasteiger partial charge in [-0.25, -0.2) is 14.5 Å². The molecule has 0 radical (unpaired) electrons. The summed E-state index contributed by atoms with van der Waals surface area (Å²) in [5.74, 6) is 0.772. The molecule has 1 aromatic carbocycles. The number of nitrogens with zero attached hydrogens (tertiary/aromatic N) is 5. The molecule has 132 valence electrons. The lowest BCUT2D eigenvalue weighted by Gasteiger charge is -2.28. The van der Waals surface area contributed by atoms with E-state index in [2.05, 4.69) is 21.6 Å². The van der Waals surface area contributed by atoms with Crippen LogP contribution in [-0.2, 0) is 11.8 Å². The summed E-state index contributed by atoms with van der Waals surface area (Å²) in [4.78, 5) is 20.6. The fraction of sp³-hybridized carbons (Fsp3) is 0.375. The molecule has 1 aromatic heterocycles. The summed E-state index contributed by atoms with van der Waals surface area (Å²) in [5, 5.41) is 10.9. The number of benzene rings is 1. The van der Waals surface area contributed by atoms with Crippen LogP contribution in [0.2, 0.25) is 0 Å². The highest BCUT2D eigenvalue weighted by Gasteiger charge is 2.25. The van der Waals surface area contributed by atoms with E-state index in [-0.39, 0.29) is 5.82 Å². The lowest BCUT2D eigenvalue weighted by Crippen LogP contribution is -2.36. The van der Waals surface area contributed by atoms with Gasteiger partial charge in [0, 0.05) is 18.8 Å². The second-order valence-electron chi connectivity index (χ2n) is 5.54.